The minimum Gasteiger partial charge on any atom is -0.365 e. The number of allylic oxidation sites excluding steroid dienone is 1. The van der Waals surface area contributed by atoms with Gasteiger partial charge in [0.15, 0.2) is 0 Å². The summed E-state index contributed by atoms with van der Waals surface area (Å²) in [7, 11) is 0. The van der Waals surface area contributed by atoms with Crippen molar-refractivity contribution >= 4 is 17.8 Å². The van der Waals surface area contributed by atoms with Gasteiger partial charge < -0.3 is 9.80 Å². The van der Waals surface area contributed by atoms with Crippen LogP contribution in [0.25, 0.3) is 0 Å². The van der Waals surface area contributed by atoms with Gasteiger partial charge in [0.05, 0.1) is 18.7 Å². The number of nitrogens with zero attached hydrogens (tertiary/aromatic N) is 3. The molecule has 0 N–H and O–H groups in total. The maximum atomic E-state index is 12.9. The molecule has 2 aliphatic heterocycles. The second-order valence-corrected chi connectivity index (χ2v) is 8.12. The predicted octanol–water partition coefficient (Wildman–Crippen LogP) is 4.43. The first-order valence-corrected chi connectivity index (χ1v) is 11.1. The first-order valence-electron chi connectivity index (χ1n) is 11.1. The molecule has 0 saturated heterocycles. The molecule has 2 aromatic carbocycles. The van der Waals surface area contributed by atoms with E-state index in [4.69, 9.17) is 0 Å². The molecule has 0 bridgehead atoms. The van der Waals surface area contributed by atoms with Gasteiger partial charge >= 0.3 is 0 Å². The average molecular weight is 402 g/mol. The molecule has 0 radical (unpaired) electrons. The number of anilines is 1. The van der Waals surface area contributed by atoms with Crippen LogP contribution in [0.4, 0.5) is 5.69 Å². The van der Waals surface area contributed by atoms with Gasteiger partial charge in [-0.2, -0.15) is 0 Å². The number of carbonyl (C=O) groups is 1. The Hall–Kier alpha value is -2.88. The molecule has 156 valence electrons. The first kappa shape index (κ1) is 20.4. The topological polar surface area (TPSA) is 35.9 Å². The molecule has 30 heavy (non-hydrogen) atoms. The van der Waals surface area contributed by atoms with E-state index in [0.717, 1.165) is 63.1 Å². The minimum atomic E-state index is 0.221. The molecule has 2 heterocycles. The molecule has 0 spiro atoms. The molecule has 0 saturated carbocycles. The van der Waals surface area contributed by atoms with Crippen molar-refractivity contribution in [1.29, 1.82) is 0 Å². The normalized spacial score (nSPS) is 14.7. The minimum absolute atomic E-state index is 0.221. The number of carbonyl (C=O) groups excluding carboxylic acids is 1. The number of hydrogen-bond donors (Lipinski definition) is 0. The maximum Gasteiger partial charge on any atom is 0.226 e. The summed E-state index contributed by atoms with van der Waals surface area (Å²) in [5.41, 5.74) is 6.25. The highest BCUT2D eigenvalue weighted by atomic mass is 16.2. The molecule has 0 aliphatic carbocycles. The molecular weight excluding hydrogens is 370 g/mol. The van der Waals surface area contributed by atoms with Gasteiger partial charge in [0.2, 0.25) is 5.91 Å². The maximum absolute atomic E-state index is 12.9. The molecular formula is C26H31N3O. The molecule has 1 amide bonds. The van der Waals surface area contributed by atoms with Gasteiger partial charge in [0.25, 0.3) is 0 Å². The van der Waals surface area contributed by atoms with E-state index in [2.05, 4.69) is 65.4 Å². The predicted molar refractivity (Wildman–Crippen MR) is 124 cm³/mol. The fourth-order valence-corrected chi connectivity index (χ4v) is 4.34. The van der Waals surface area contributed by atoms with Crippen molar-refractivity contribution < 1.29 is 4.79 Å². The lowest BCUT2D eigenvalue weighted by Crippen LogP contribution is -2.33. The molecule has 0 atom stereocenters. The molecule has 2 aliphatic rings. The van der Waals surface area contributed by atoms with Crippen molar-refractivity contribution in [3.05, 3.63) is 77.0 Å². The van der Waals surface area contributed by atoms with E-state index in [1.165, 1.54) is 16.8 Å². The highest BCUT2D eigenvalue weighted by Gasteiger charge is 2.21. The molecule has 0 fully saturated rings. The van der Waals surface area contributed by atoms with Gasteiger partial charge in [-0.1, -0.05) is 48.5 Å². The Kier molecular flexibility index (Phi) is 6.63. The smallest absolute Gasteiger partial charge is 0.226 e. The summed E-state index contributed by atoms with van der Waals surface area (Å²) < 4.78 is 0. The SMILES string of the molecule is CCN(CCCc1ccccc1)C(=O)Cc1ccc2c(c1)N(CC1=CCC=N1)CC2. The van der Waals surface area contributed by atoms with Crippen LogP contribution in [0.2, 0.25) is 0 Å². The second-order valence-electron chi connectivity index (χ2n) is 8.12. The summed E-state index contributed by atoms with van der Waals surface area (Å²) in [5.74, 6) is 0.221. The quantitative estimate of drug-likeness (QED) is 0.623. The van der Waals surface area contributed by atoms with Gasteiger partial charge in [0.1, 0.15) is 0 Å². The third-order valence-electron chi connectivity index (χ3n) is 6.04. The molecule has 4 nitrogen and oxygen atoms in total. The number of rotatable bonds is 9. The first-order chi connectivity index (χ1) is 14.7. The van der Waals surface area contributed by atoms with Crippen LogP contribution < -0.4 is 4.90 Å². The number of aryl methyl sites for hydroxylation is 1. The fraction of sp³-hybridized carbons (Fsp3) is 0.385. The van der Waals surface area contributed by atoms with Crippen molar-refractivity contribution in [3.63, 3.8) is 0 Å². The zero-order chi connectivity index (χ0) is 20.8. The zero-order valence-corrected chi connectivity index (χ0v) is 17.9. The number of fused-ring (bicyclic) bond motifs is 1. The molecule has 0 aromatic heterocycles. The van der Waals surface area contributed by atoms with E-state index in [0.29, 0.717) is 6.42 Å². The molecule has 4 rings (SSSR count). The van der Waals surface area contributed by atoms with Crippen LogP contribution in [0.3, 0.4) is 0 Å². The van der Waals surface area contributed by atoms with Crippen LogP contribution in [0, 0.1) is 0 Å². The van der Waals surface area contributed by atoms with Crippen molar-refractivity contribution in [2.75, 3.05) is 31.1 Å². The van der Waals surface area contributed by atoms with E-state index in [9.17, 15) is 4.79 Å². The van der Waals surface area contributed by atoms with Crippen molar-refractivity contribution in [1.82, 2.24) is 4.90 Å². The van der Waals surface area contributed by atoms with Gasteiger partial charge in [-0.25, -0.2) is 0 Å². The summed E-state index contributed by atoms with van der Waals surface area (Å²) >= 11 is 0. The van der Waals surface area contributed by atoms with Crippen LogP contribution in [-0.2, 0) is 24.1 Å². The van der Waals surface area contributed by atoms with Crippen molar-refractivity contribution in [2.45, 2.75) is 39.0 Å². The van der Waals surface area contributed by atoms with Crippen LogP contribution in [-0.4, -0.2) is 43.2 Å². The number of aliphatic imine (C=N–C) groups is 1. The lowest BCUT2D eigenvalue weighted by molar-refractivity contribution is -0.130. The lowest BCUT2D eigenvalue weighted by Gasteiger charge is -2.22. The zero-order valence-electron chi connectivity index (χ0n) is 17.9. The van der Waals surface area contributed by atoms with E-state index in [1.54, 1.807) is 0 Å². The summed E-state index contributed by atoms with van der Waals surface area (Å²) in [4.78, 5) is 21.8. The number of amides is 1. The van der Waals surface area contributed by atoms with Gasteiger partial charge in [-0.15, -0.1) is 0 Å². The van der Waals surface area contributed by atoms with Crippen molar-refractivity contribution in [3.8, 4) is 0 Å². The third-order valence-corrected chi connectivity index (χ3v) is 6.04. The molecule has 0 unspecified atom stereocenters. The fourth-order valence-electron chi connectivity index (χ4n) is 4.34. The Bertz CT molecular complexity index is 933. The summed E-state index contributed by atoms with van der Waals surface area (Å²) in [6.45, 7) is 5.53. The standard InChI is InChI=1S/C26H31N3O/c1-2-28(16-7-10-21-8-4-3-5-9-21)26(30)19-22-12-13-23-14-17-29(25(23)18-22)20-24-11-6-15-27-24/h3-5,8-9,11-13,15,18H,2,6-7,10,14,16-17,19-20H2,1H3. The Labute approximate surface area is 179 Å². The van der Waals surface area contributed by atoms with Gasteiger partial charge in [0, 0.05) is 38.0 Å². The third kappa shape index (κ3) is 4.99. The Morgan fingerprint density at radius 2 is 2.00 bits per heavy atom. The summed E-state index contributed by atoms with van der Waals surface area (Å²) in [6, 6.07) is 17.1. The second kappa shape index (κ2) is 9.75. The van der Waals surface area contributed by atoms with E-state index in [1.807, 2.05) is 17.2 Å². The summed E-state index contributed by atoms with van der Waals surface area (Å²) in [6.07, 6.45) is 8.66. The highest BCUT2D eigenvalue weighted by Crippen LogP contribution is 2.30. The average Bonchev–Trinajstić information content (AvgIpc) is 3.42. The highest BCUT2D eigenvalue weighted by molar-refractivity contribution is 5.79. The largest absolute Gasteiger partial charge is 0.365 e. The van der Waals surface area contributed by atoms with Crippen molar-refractivity contribution in [2.24, 2.45) is 4.99 Å². The van der Waals surface area contributed by atoms with E-state index >= 15 is 0 Å². The van der Waals surface area contributed by atoms with Gasteiger partial charge in [-0.3, -0.25) is 9.79 Å². The Morgan fingerprint density at radius 1 is 1.13 bits per heavy atom. The monoisotopic (exact) mass is 401 g/mol. The Balaban J connectivity index is 1.34. The summed E-state index contributed by atoms with van der Waals surface area (Å²) in [5, 5.41) is 0. The molecule has 4 heteroatoms. The number of hydrogen-bond acceptors (Lipinski definition) is 3. The Morgan fingerprint density at radius 3 is 2.77 bits per heavy atom. The van der Waals surface area contributed by atoms with Crippen LogP contribution in [0.1, 0.15) is 36.5 Å². The molecule has 2 aromatic rings. The number of likely N-dealkylation sites (N-methyl/N-ethyl adjacent to an activating group) is 1. The lowest BCUT2D eigenvalue weighted by atomic mass is 10.1. The van der Waals surface area contributed by atoms with Crippen LogP contribution in [0.5, 0.6) is 0 Å². The van der Waals surface area contributed by atoms with Crippen LogP contribution >= 0.6 is 0 Å². The van der Waals surface area contributed by atoms with Crippen LogP contribution in [0.15, 0.2) is 65.3 Å². The van der Waals surface area contributed by atoms with E-state index < -0.39 is 0 Å². The van der Waals surface area contributed by atoms with Gasteiger partial charge in [-0.05, 0) is 48.9 Å². The van der Waals surface area contributed by atoms with E-state index in [-0.39, 0.29) is 5.91 Å². The number of benzene rings is 2.